The highest BCUT2D eigenvalue weighted by Crippen LogP contribution is 2.20. The molecule has 0 atom stereocenters. The van der Waals surface area contributed by atoms with Crippen molar-refractivity contribution in [1.82, 2.24) is 5.32 Å². The molecular formula is C17H18N2O3S. The van der Waals surface area contributed by atoms with Gasteiger partial charge in [0.05, 0.1) is 16.1 Å². The second-order valence-corrected chi connectivity index (χ2v) is 6.65. The zero-order valence-electron chi connectivity index (χ0n) is 12.7. The molecule has 1 amide bonds. The van der Waals surface area contributed by atoms with Gasteiger partial charge in [-0.3, -0.25) is 9.52 Å². The van der Waals surface area contributed by atoms with Crippen LogP contribution in [0.15, 0.2) is 66.1 Å². The number of carbonyl (C=O) groups excluding carboxylic acids is 1. The van der Waals surface area contributed by atoms with Crippen molar-refractivity contribution in [2.75, 3.05) is 11.3 Å². The van der Waals surface area contributed by atoms with Gasteiger partial charge in [-0.1, -0.05) is 35.9 Å². The molecule has 0 aliphatic heterocycles. The molecule has 0 spiro atoms. The lowest BCUT2D eigenvalue weighted by Gasteiger charge is -2.12. The molecule has 0 saturated heterocycles. The lowest BCUT2D eigenvalue weighted by atomic mass is 10.1. The molecule has 0 radical (unpaired) electrons. The lowest BCUT2D eigenvalue weighted by Crippen LogP contribution is -2.25. The van der Waals surface area contributed by atoms with Gasteiger partial charge in [0.15, 0.2) is 0 Å². The average Bonchev–Trinajstić information content (AvgIpc) is 2.53. The summed E-state index contributed by atoms with van der Waals surface area (Å²) < 4.78 is 27.4. The number of nitrogens with one attached hydrogen (secondary N) is 2. The maximum atomic E-state index is 12.4. The molecule has 2 rings (SSSR count). The van der Waals surface area contributed by atoms with Crippen molar-refractivity contribution in [2.24, 2.45) is 0 Å². The molecule has 0 aliphatic rings. The third kappa shape index (κ3) is 4.20. The van der Waals surface area contributed by atoms with Crippen LogP contribution in [0.4, 0.5) is 5.69 Å². The Balaban J connectivity index is 2.31. The number of rotatable bonds is 6. The number of sulfonamides is 1. The molecule has 23 heavy (non-hydrogen) atoms. The normalized spacial score (nSPS) is 10.8. The highest BCUT2D eigenvalue weighted by molar-refractivity contribution is 7.92. The number of hydrogen-bond donors (Lipinski definition) is 2. The summed E-state index contributed by atoms with van der Waals surface area (Å²) in [5.74, 6) is -0.368. The Morgan fingerprint density at radius 1 is 1.13 bits per heavy atom. The van der Waals surface area contributed by atoms with E-state index in [0.717, 1.165) is 5.56 Å². The quantitative estimate of drug-likeness (QED) is 0.800. The third-order valence-corrected chi connectivity index (χ3v) is 4.54. The molecule has 2 aromatic rings. The first-order chi connectivity index (χ1) is 10.9. The van der Waals surface area contributed by atoms with E-state index >= 15 is 0 Å². The predicted molar refractivity (Wildman–Crippen MR) is 91.0 cm³/mol. The van der Waals surface area contributed by atoms with Crippen molar-refractivity contribution in [2.45, 2.75) is 11.8 Å². The number of anilines is 1. The summed E-state index contributed by atoms with van der Waals surface area (Å²) in [6.45, 7) is 5.71. The molecule has 5 nitrogen and oxygen atoms in total. The monoisotopic (exact) mass is 330 g/mol. The van der Waals surface area contributed by atoms with Gasteiger partial charge < -0.3 is 5.32 Å². The summed E-state index contributed by atoms with van der Waals surface area (Å²) in [4.78, 5) is 12.2. The molecule has 0 fully saturated rings. The standard InChI is InChI=1S/C17H18N2O3S/c1-3-12-18-17(20)15-6-4-5-7-16(15)19-23(21,22)14-10-8-13(2)9-11-14/h3-11,19H,1,12H2,2H3,(H,18,20). The van der Waals surface area contributed by atoms with Gasteiger partial charge in [-0.15, -0.1) is 6.58 Å². The first-order valence-electron chi connectivity index (χ1n) is 7.01. The van der Waals surface area contributed by atoms with Gasteiger partial charge in [0.2, 0.25) is 0 Å². The van der Waals surface area contributed by atoms with Gasteiger partial charge in [-0.2, -0.15) is 0 Å². The number of carbonyl (C=O) groups is 1. The Hall–Kier alpha value is -2.60. The van der Waals surface area contributed by atoms with E-state index in [-0.39, 0.29) is 22.1 Å². The van der Waals surface area contributed by atoms with Crippen molar-refractivity contribution < 1.29 is 13.2 Å². The fraction of sp³-hybridized carbons (Fsp3) is 0.118. The molecule has 2 N–H and O–H groups in total. The van der Waals surface area contributed by atoms with Gasteiger partial charge >= 0.3 is 0 Å². The van der Waals surface area contributed by atoms with E-state index in [4.69, 9.17) is 0 Å². The van der Waals surface area contributed by atoms with Crippen LogP contribution in [0.1, 0.15) is 15.9 Å². The summed E-state index contributed by atoms with van der Waals surface area (Å²) in [5, 5.41) is 2.63. The van der Waals surface area contributed by atoms with Crippen molar-refractivity contribution in [3.05, 3.63) is 72.3 Å². The topological polar surface area (TPSA) is 75.3 Å². The minimum Gasteiger partial charge on any atom is -0.349 e. The van der Waals surface area contributed by atoms with Crippen molar-refractivity contribution in [3.8, 4) is 0 Å². The zero-order chi connectivity index (χ0) is 16.9. The smallest absolute Gasteiger partial charge is 0.261 e. The highest BCUT2D eigenvalue weighted by atomic mass is 32.2. The van der Waals surface area contributed by atoms with Gasteiger partial charge in [-0.05, 0) is 31.2 Å². The summed E-state index contributed by atoms with van der Waals surface area (Å²) in [7, 11) is -3.76. The van der Waals surface area contributed by atoms with Crippen molar-refractivity contribution in [1.29, 1.82) is 0 Å². The Labute approximate surface area is 136 Å². The van der Waals surface area contributed by atoms with Crippen LogP contribution >= 0.6 is 0 Å². The van der Waals surface area contributed by atoms with Crippen molar-refractivity contribution in [3.63, 3.8) is 0 Å². The van der Waals surface area contributed by atoms with Crippen LogP contribution in [-0.4, -0.2) is 20.9 Å². The van der Waals surface area contributed by atoms with E-state index in [1.54, 1.807) is 42.5 Å². The third-order valence-electron chi connectivity index (χ3n) is 3.15. The SMILES string of the molecule is C=CCNC(=O)c1ccccc1NS(=O)(=O)c1ccc(C)cc1. The maximum Gasteiger partial charge on any atom is 0.261 e. The predicted octanol–water partition coefficient (Wildman–Crippen LogP) is 2.71. The van der Waals surface area contributed by atoms with E-state index in [9.17, 15) is 13.2 Å². The molecule has 6 heteroatoms. The molecule has 120 valence electrons. The Bertz CT molecular complexity index is 812. The number of aryl methyl sites for hydroxylation is 1. The van der Waals surface area contributed by atoms with E-state index in [1.165, 1.54) is 12.1 Å². The average molecular weight is 330 g/mol. The first-order valence-corrected chi connectivity index (χ1v) is 8.50. The van der Waals surface area contributed by atoms with Crippen LogP contribution in [0, 0.1) is 6.92 Å². The fourth-order valence-corrected chi connectivity index (χ4v) is 3.03. The summed E-state index contributed by atoms with van der Waals surface area (Å²) in [5.41, 5.74) is 1.45. The van der Waals surface area contributed by atoms with Gasteiger partial charge in [-0.25, -0.2) is 8.42 Å². The molecule has 0 unspecified atom stereocenters. The molecule has 0 heterocycles. The van der Waals surface area contributed by atoms with Gasteiger partial charge in [0.1, 0.15) is 0 Å². The highest BCUT2D eigenvalue weighted by Gasteiger charge is 2.18. The number of amides is 1. The molecular weight excluding hydrogens is 312 g/mol. The molecule has 0 aliphatic carbocycles. The summed E-state index contributed by atoms with van der Waals surface area (Å²) >= 11 is 0. The van der Waals surface area contributed by atoms with Crippen molar-refractivity contribution >= 4 is 21.6 Å². The first kappa shape index (κ1) is 16.8. The molecule has 0 saturated carbocycles. The maximum absolute atomic E-state index is 12.4. The second kappa shape index (κ2) is 7.11. The van der Waals surface area contributed by atoms with Crippen LogP contribution in [-0.2, 0) is 10.0 Å². The molecule has 0 bridgehead atoms. The minimum atomic E-state index is -3.76. The second-order valence-electron chi connectivity index (χ2n) is 4.96. The van der Waals surface area contributed by atoms with E-state index in [2.05, 4.69) is 16.6 Å². The zero-order valence-corrected chi connectivity index (χ0v) is 13.6. The van der Waals surface area contributed by atoms with Gasteiger partial charge in [0, 0.05) is 6.54 Å². The Morgan fingerprint density at radius 3 is 2.43 bits per heavy atom. The van der Waals surface area contributed by atoms with Gasteiger partial charge in [0.25, 0.3) is 15.9 Å². The Kier molecular flexibility index (Phi) is 5.18. The fourth-order valence-electron chi connectivity index (χ4n) is 1.95. The lowest BCUT2D eigenvalue weighted by molar-refractivity contribution is 0.0959. The number of para-hydroxylation sites is 1. The summed E-state index contributed by atoms with van der Waals surface area (Å²) in [6.07, 6.45) is 1.55. The van der Waals surface area contributed by atoms with Crippen LogP contribution in [0.2, 0.25) is 0 Å². The van der Waals surface area contributed by atoms with Crippen LogP contribution in [0.5, 0.6) is 0 Å². The van der Waals surface area contributed by atoms with Crippen LogP contribution < -0.4 is 10.0 Å². The summed E-state index contributed by atoms with van der Waals surface area (Å²) in [6, 6.07) is 12.9. The van der Waals surface area contributed by atoms with E-state index in [0.29, 0.717) is 6.54 Å². The minimum absolute atomic E-state index is 0.143. The largest absolute Gasteiger partial charge is 0.349 e. The number of hydrogen-bond acceptors (Lipinski definition) is 3. The number of benzene rings is 2. The van der Waals surface area contributed by atoms with E-state index < -0.39 is 10.0 Å². The Morgan fingerprint density at radius 2 is 1.78 bits per heavy atom. The van der Waals surface area contributed by atoms with E-state index in [1.807, 2.05) is 6.92 Å². The van der Waals surface area contributed by atoms with Crippen LogP contribution in [0.25, 0.3) is 0 Å². The molecule has 2 aromatic carbocycles. The molecule has 0 aromatic heterocycles. The van der Waals surface area contributed by atoms with Crippen LogP contribution in [0.3, 0.4) is 0 Å².